The fourth-order valence-electron chi connectivity index (χ4n) is 4.49. The largest absolute Gasteiger partial charge is 0.391 e. The van der Waals surface area contributed by atoms with Gasteiger partial charge in [-0.15, -0.1) is 0 Å². The summed E-state index contributed by atoms with van der Waals surface area (Å²) >= 11 is 0. The van der Waals surface area contributed by atoms with E-state index >= 15 is 0 Å². The van der Waals surface area contributed by atoms with Crippen LogP contribution in [0.25, 0.3) is 16.6 Å². The lowest BCUT2D eigenvalue weighted by molar-refractivity contribution is 0.193. The number of β-amino-alcohol motifs (C(OH)–C–C–N with tert-alkyl or cyclic N) is 1. The standard InChI is InChI=1S/C24H19F2N7O2/c1-12-15(10-27)21(31-24(28)29-12)32-11-14(34)9-18(32)22-30-17-8-7-16(25)20(26)19(17)23(35)33(22)13-5-3-2-4-6-13/h2-8,14,18,34H,9,11H2,1H3,(H2,28,29,31)/t14-,18-/m0/s1. The Morgan fingerprint density at radius 3 is 2.60 bits per heavy atom. The molecule has 0 saturated carbocycles. The molecule has 2 aromatic heterocycles. The highest BCUT2D eigenvalue weighted by Gasteiger charge is 2.38. The Morgan fingerprint density at radius 2 is 1.89 bits per heavy atom. The summed E-state index contributed by atoms with van der Waals surface area (Å²) in [5, 5.41) is 19.9. The number of nitrogens with zero attached hydrogens (tertiary/aromatic N) is 6. The molecule has 2 atom stereocenters. The third-order valence-electron chi connectivity index (χ3n) is 6.02. The zero-order chi connectivity index (χ0) is 24.9. The lowest BCUT2D eigenvalue weighted by Gasteiger charge is -2.28. The number of anilines is 2. The first-order chi connectivity index (χ1) is 16.8. The Kier molecular flexibility index (Phi) is 5.37. The summed E-state index contributed by atoms with van der Waals surface area (Å²) in [5.41, 5.74) is 5.93. The number of fused-ring (bicyclic) bond motifs is 1. The van der Waals surface area contributed by atoms with E-state index in [-0.39, 0.29) is 41.6 Å². The van der Waals surface area contributed by atoms with Crippen molar-refractivity contribution in [2.45, 2.75) is 25.5 Å². The van der Waals surface area contributed by atoms with E-state index in [9.17, 15) is 23.9 Å². The van der Waals surface area contributed by atoms with Crippen LogP contribution in [0.4, 0.5) is 20.5 Å². The Morgan fingerprint density at radius 1 is 1.14 bits per heavy atom. The second-order valence-electron chi connectivity index (χ2n) is 8.24. The Balaban J connectivity index is 1.82. The van der Waals surface area contributed by atoms with Crippen molar-refractivity contribution >= 4 is 22.7 Å². The van der Waals surface area contributed by atoms with E-state index < -0.39 is 34.7 Å². The second-order valence-corrected chi connectivity index (χ2v) is 8.24. The molecule has 0 amide bonds. The van der Waals surface area contributed by atoms with Crippen molar-refractivity contribution in [3.8, 4) is 11.8 Å². The molecule has 1 saturated heterocycles. The number of aliphatic hydroxyl groups is 1. The number of hydrogen-bond acceptors (Lipinski definition) is 8. The van der Waals surface area contributed by atoms with Crippen molar-refractivity contribution in [3.05, 3.63) is 81.5 Å². The molecular weight excluding hydrogens is 456 g/mol. The zero-order valence-corrected chi connectivity index (χ0v) is 18.5. The molecule has 0 unspecified atom stereocenters. The van der Waals surface area contributed by atoms with Gasteiger partial charge in [-0.25, -0.2) is 18.7 Å². The maximum absolute atomic E-state index is 14.7. The van der Waals surface area contributed by atoms with E-state index in [1.807, 2.05) is 0 Å². The number of nitriles is 1. The van der Waals surface area contributed by atoms with E-state index in [1.54, 1.807) is 42.2 Å². The van der Waals surface area contributed by atoms with Crippen molar-refractivity contribution in [1.82, 2.24) is 19.5 Å². The molecule has 0 radical (unpaired) electrons. The SMILES string of the molecule is Cc1nc(N)nc(N2C[C@@H](O)C[C@H]2c2nc3ccc(F)c(F)c3c(=O)n2-c2ccccc2)c1C#N. The van der Waals surface area contributed by atoms with Crippen LogP contribution in [0.1, 0.15) is 29.5 Å². The van der Waals surface area contributed by atoms with E-state index in [4.69, 9.17) is 5.73 Å². The molecule has 0 aliphatic carbocycles. The number of aromatic nitrogens is 4. The average molecular weight is 475 g/mol. The van der Waals surface area contributed by atoms with Gasteiger partial charge in [0.15, 0.2) is 17.5 Å². The third kappa shape index (κ3) is 3.64. The number of nitrogen functional groups attached to an aromatic ring is 1. The van der Waals surface area contributed by atoms with Crippen LogP contribution in [0.3, 0.4) is 0 Å². The molecule has 3 N–H and O–H groups in total. The Hall–Kier alpha value is -4.43. The number of halogens is 2. The van der Waals surface area contributed by atoms with Crippen LogP contribution in [0, 0.1) is 29.9 Å². The summed E-state index contributed by atoms with van der Waals surface area (Å²) < 4.78 is 29.9. The van der Waals surface area contributed by atoms with Crippen LogP contribution >= 0.6 is 0 Å². The van der Waals surface area contributed by atoms with Crippen LogP contribution in [-0.2, 0) is 0 Å². The number of aryl methyl sites for hydroxylation is 1. The molecule has 5 rings (SSSR count). The highest BCUT2D eigenvalue weighted by Crippen LogP contribution is 2.38. The summed E-state index contributed by atoms with van der Waals surface area (Å²) in [7, 11) is 0. The molecule has 1 fully saturated rings. The van der Waals surface area contributed by atoms with Crippen LogP contribution in [0.5, 0.6) is 0 Å². The number of rotatable bonds is 3. The number of benzene rings is 2. The van der Waals surface area contributed by atoms with Gasteiger partial charge in [-0.05, 0) is 31.2 Å². The van der Waals surface area contributed by atoms with Gasteiger partial charge in [-0.2, -0.15) is 10.2 Å². The van der Waals surface area contributed by atoms with Crippen molar-refractivity contribution in [2.24, 2.45) is 0 Å². The minimum atomic E-state index is -1.29. The Labute approximate surface area is 197 Å². The molecule has 2 aromatic carbocycles. The lowest BCUT2D eigenvalue weighted by atomic mass is 10.1. The lowest BCUT2D eigenvalue weighted by Crippen LogP contribution is -2.33. The normalized spacial score (nSPS) is 17.6. The highest BCUT2D eigenvalue weighted by atomic mass is 19.2. The van der Waals surface area contributed by atoms with Gasteiger partial charge in [0.1, 0.15) is 22.8 Å². The van der Waals surface area contributed by atoms with E-state index in [0.29, 0.717) is 11.4 Å². The zero-order valence-electron chi connectivity index (χ0n) is 18.5. The predicted octanol–water partition coefficient (Wildman–Crippen LogP) is 2.53. The number of aliphatic hydroxyl groups excluding tert-OH is 1. The van der Waals surface area contributed by atoms with Crippen LogP contribution in [-0.4, -0.2) is 37.3 Å². The number of hydrogen-bond donors (Lipinski definition) is 2. The van der Waals surface area contributed by atoms with Gasteiger partial charge in [-0.3, -0.25) is 9.36 Å². The summed E-state index contributed by atoms with van der Waals surface area (Å²) in [6, 6.07) is 11.9. The smallest absolute Gasteiger partial charge is 0.269 e. The maximum atomic E-state index is 14.7. The first kappa shape index (κ1) is 22.4. The molecule has 1 aliphatic rings. The molecule has 11 heteroatoms. The topological polar surface area (TPSA) is 134 Å². The second kappa shape index (κ2) is 8.41. The van der Waals surface area contributed by atoms with Crippen LogP contribution < -0.4 is 16.2 Å². The van der Waals surface area contributed by atoms with E-state index in [2.05, 4.69) is 21.0 Å². The van der Waals surface area contributed by atoms with Crippen LogP contribution in [0.2, 0.25) is 0 Å². The van der Waals surface area contributed by atoms with Gasteiger partial charge >= 0.3 is 0 Å². The highest BCUT2D eigenvalue weighted by molar-refractivity contribution is 5.79. The average Bonchev–Trinajstić information content (AvgIpc) is 3.22. The molecule has 4 aromatic rings. The first-order valence-corrected chi connectivity index (χ1v) is 10.7. The van der Waals surface area contributed by atoms with Gasteiger partial charge < -0.3 is 15.7 Å². The number of nitrogens with two attached hydrogens (primary N) is 1. The minimum Gasteiger partial charge on any atom is -0.391 e. The van der Waals surface area contributed by atoms with Gasteiger partial charge in [-0.1, -0.05) is 18.2 Å². The molecule has 35 heavy (non-hydrogen) atoms. The molecule has 0 spiro atoms. The quantitative estimate of drug-likeness (QED) is 0.462. The first-order valence-electron chi connectivity index (χ1n) is 10.7. The monoisotopic (exact) mass is 475 g/mol. The van der Waals surface area contributed by atoms with Crippen molar-refractivity contribution in [3.63, 3.8) is 0 Å². The van der Waals surface area contributed by atoms with E-state index in [1.165, 1.54) is 10.6 Å². The van der Waals surface area contributed by atoms with Gasteiger partial charge in [0.25, 0.3) is 5.56 Å². The van der Waals surface area contributed by atoms with Crippen molar-refractivity contribution in [1.29, 1.82) is 5.26 Å². The summed E-state index contributed by atoms with van der Waals surface area (Å²) in [5.74, 6) is -2.13. The molecule has 0 bridgehead atoms. The maximum Gasteiger partial charge on any atom is 0.269 e. The van der Waals surface area contributed by atoms with Crippen LogP contribution in [0.15, 0.2) is 47.3 Å². The molecular formula is C24H19F2N7O2. The van der Waals surface area contributed by atoms with Gasteiger partial charge in [0, 0.05) is 13.0 Å². The summed E-state index contributed by atoms with van der Waals surface area (Å²) in [4.78, 5) is 28.0. The third-order valence-corrected chi connectivity index (χ3v) is 6.02. The molecule has 3 heterocycles. The fourth-order valence-corrected chi connectivity index (χ4v) is 4.49. The van der Waals surface area contributed by atoms with Crippen molar-refractivity contribution < 1.29 is 13.9 Å². The number of para-hydroxylation sites is 1. The molecule has 1 aliphatic heterocycles. The minimum absolute atomic E-state index is 0.0312. The summed E-state index contributed by atoms with van der Waals surface area (Å²) in [6.45, 7) is 1.70. The predicted molar refractivity (Wildman–Crippen MR) is 124 cm³/mol. The van der Waals surface area contributed by atoms with Crippen molar-refractivity contribution in [2.75, 3.05) is 17.2 Å². The fraction of sp³-hybridized carbons (Fsp3) is 0.208. The van der Waals surface area contributed by atoms with Gasteiger partial charge in [0.2, 0.25) is 5.95 Å². The Bertz CT molecular complexity index is 1570. The van der Waals surface area contributed by atoms with E-state index in [0.717, 1.165) is 6.07 Å². The summed E-state index contributed by atoms with van der Waals surface area (Å²) in [6.07, 6.45) is -0.702. The molecule has 176 valence electrons. The van der Waals surface area contributed by atoms with Gasteiger partial charge in [0.05, 0.1) is 29.0 Å². The molecule has 9 nitrogen and oxygen atoms in total.